The quantitative estimate of drug-likeness (QED) is 0.490. The average Bonchev–Trinajstić information content (AvgIpc) is 2.62. The van der Waals surface area contributed by atoms with Crippen LogP contribution in [0.2, 0.25) is 0 Å². The van der Waals surface area contributed by atoms with E-state index in [1.807, 2.05) is 32.1 Å². The molecule has 0 aliphatic rings. The second-order valence-corrected chi connectivity index (χ2v) is 3.87. The van der Waals surface area contributed by atoms with E-state index >= 15 is 0 Å². The summed E-state index contributed by atoms with van der Waals surface area (Å²) in [5.41, 5.74) is 6.30. The molecule has 1 rings (SSSR count). The summed E-state index contributed by atoms with van der Waals surface area (Å²) in [6.07, 6.45) is 16.3. The van der Waals surface area contributed by atoms with Crippen molar-refractivity contribution in [2.45, 2.75) is 26.7 Å². The number of allylic oxidation sites excluding steroid dienone is 3. The zero-order valence-corrected chi connectivity index (χ0v) is 14.4. The molecule has 23 heavy (non-hydrogen) atoms. The second-order valence-electron chi connectivity index (χ2n) is 3.87. The van der Waals surface area contributed by atoms with Crippen LogP contribution in [0.1, 0.15) is 25.8 Å². The van der Waals surface area contributed by atoms with Gasteiger partial charge in [0.1, 0.15) is 12.1 Å². The molecular formula is C19H29FN2O. The van der Waals surface area contributed by atoms with Gasteiger partial charge in [0.2, 0.25) is 0 Å². The molecular weight excluding hydrogens is 291 g/mol. The van der Waals surface area contributed by atoms with E-state index in [2.05, 4.69) is 36.6 Å². The first-order valence-electron chi connectivity index (χ1n) is 7.26. The van der Waals surface area contributed by atoms with Crippen molar-refractivity contribution in [1.29, 1.82) is 0 Å². The number of rotatable bonds is 5. The maximum absolute atomic E-state index is 13.0. The van der Waals surface area contributed by atoms with Crippen molar-refractivity contribution in [3.05, 3.63) is 54.4 Å². The van der Waals surface area contributed by atoms with Crippen LogP contribution in [0, 0.1) is 18.7 Å². The Morgan fingerprint density at radius 2 is 1.96 bits per heavy atom. The monoisotopic (exact) mass is 320 g/mol. The SMILES string of the molecule is C#C.C=CC/C=C/C.CCc1c(F)cccc1NC.NCC=O. The Kier molecular flexibility index (Phi) is 24.4. The van der Waals surface area contributed by atoms with E-state index < -0.39 is 0 Å². The molecule has 0 heterocycles. The first-order chi connectivity index (χ1) is 11.1. The number of benzene rings is 1. The number of carbonyl (C=O) groups excluding carboxylic acids is 1. The van der Waals surface area contributed by atoms with Gasteiger partial charge >= 0.3 is 0 Å². The number of hydrogen-bond donors (Lipinski definition) is 2. The van der Waals surface area contributed by atoms with Gasteiger partial charge in [-0.15, -0.1) is 19.4 Å². The van der Waals surface area contributed by atoms with Crippen LogP contribution in [-0.2, 0) is 11.2 Å². The highest BCUT2D eigenvalue weighted by atomic mass is 19.1. The highest BCUT2D eigenvalue weighted by Crippen LogP contribution is 2.18. The lowest BCUT2D eigenvalue weighted by molar-refractivity contribution is -0.106. The molecule has 3 N–H and O–H groups in total. The van der Waals surface area contributed by atoms with Gasteiger partial charge in [0.15, 0.2) is 0 Å². The molecule has 0 unspecified atom stereocenters. The summed E-state index contributed by atoms with van der Waals surface area (Å²) in [7, 11) is 1.80. The minimum atomic E-state index is -0.126. The number of carbonyl (C=O) groups is 1. The summed E-state index contributed by atoms with van der Waals surface area (Å²) in [5, 5.41) is 2.95. The summed E-state index contributed by atoms with van der Waals surface area (Å²) < 4.78 is 13.0. The van der Waals surface area contributed by atoms with Gasteiger partial charge in [-0.1, -0.05) is 31.2 Å². The predicted molar refractivity (Wildman–Crippen MR) is 100.0 cm³/mol. The Morgan fingerprint density at radius 1 is 1.39 bits per heavy atom. The van der Waals surface area contributed by atoms with Crippen LogP contribution in [-0.4, -0.2) is 19.9 Å². The van der Waals surface area contributed by atoms with Gasteiger partial charge in [0.25, 0.3) is 0 Å². The Morgan fingerprint density at radius 3 is 2.22 bits per heavy atom. The van der Waals surface area contributed by atoms with Crippen LogP contribution in [0.3, 0.4) is 0 Å². The normalized spacial score (nSPS) is 8.30. The Balaban J connectivity index is -0.000000283. The second kappa shape index (κ2) is 21.9. The minimum absolute atomic E-state index is 0.126. The highest BCUT2D eigenvalue weighted by molar-refractivity contribution is 5.51. The van der Waals surface area contributed by atoms with Gasteiger partial charge < -0.3 is 15.8 Å². The molecule has 0 aliphatic heterocycles. The smallest absolute Gasteiger partial charge is 0.133 e. The van der Waals surface area contributed by atoms with Crippen molar-refractivity contribution < 1.29 is 9.18 Å². The number of nitrogens with one attached hydrogen (secondary N) is 1. The fourth-order valence-electron chi connectivity index (χ4n) is 1.38. The summed E-state index contributed by atoms with van der Waals surface area (Å²) in [4.78, 5) is 9.05. The van der Waals surface area contributed by atoms with E-state index in [9.17, 15) is 4.39 Å². The van der Waals surface area contributed by atoms with Gasteiger partial charge in [0, 0.05) is 24.8 Å². The number of aldehydes is 1. The topological polar surface area (TPSA) is 55.1 Å². The van der Waals surface area contributed by atoms with Gasteiger partial charge in [-0.3, -0.25) is 0 Å². The maximum Gasteiger partial charge on any atom is 0.133 e. The third-order valence-corrected chi connectivity index (χ3v) is 2.38. The predicted octanol–water partition coefficient (Wildman–Crippen LogP) is 3.96. The summed E-state index contributed by atoms with van der Waals surface area (Å²) >= 11 is 0. The Hall–Kier alpha value is -2.38. The number of hydrogen-bond acceptors (Lipinski definition) is 3. The zero-order valence-electron chi connectivity index (χ0n) is 14.4. The molecule has 128 valence electrons. The third kappa shape index (κ3) is 15.8. The summed E-state index contributed by atoms with van der Waals surface area (Å²) in [5.74, 6) is -0.126. The Bertz CT molecular complexity index is 454. The molecule has 0 atom stereocenters. The number of halogens is 1. The lowest BCUT2D eigenvalue weighted by Crippen LogP contribution is -1.97. The van der Waals surface area contributed by atoms with E-state index in [-0.39, 0.29) is 12.4 Å². The summed E-state index contributed by atoms with van der Waals surface area (Å²) in [6, 6.07) is 5.07. The fourth-order valence-corrected chi connectivity index (χ4v) is 1.38. The molecule has 0 aromatic heterocycles. The lowest BCUT2D eigenvalue weighted by atomic mass is 10.1. The van der Waals surface area contributed by atoms with Crippen LogP contribution < -0.4 is 11.1 Å². The van der Waals surface area contributed by atoms with Crippen molar-refractivity contribution in [2.75, 3.05) is 18.9 Å². The molecule has 0 bridgehead atoms. The molecule has 1 aromatic carbocycles. The molecule has 0 amide bonds. The molecule has 4 heteroatoms. The van der Waals surface area contributed by atoms with E-state index in [0.717, 1.165) is 24.1 Å². The molecule has 1 aromatic rings. The number of terminal acetylenes is 1. The van der Waals surface area contributed by atoms with Gasteiger partial charge in [-0.2, -0.15) is 0 Å². The van der Waals surface area contributed by atoms with E-state index in [0.29, 0.717) is 6.29 Å². The average molecular weight is 320 g/mol. The van der Waals surface area contributed by atoms with Crippen LogP contribution in [0.5, 0.6) is 0 Å². The van der Waals surface area contributed by atoms with Crippen molar-refractivity contribution >= 4 is 12.0 Å². The largest absolute Gasteiger partial charge is 0.388 e. The maximum atomic E-state index is 13.0. The van der Waals surface area contributed by atoms with Crippen LogP contribution >= 0.6 is 0 Å². The highest BCUT2D eigenvalue weighted by Gasteiger charge is 2.02. The lowest BCUT2D eigenvalue weighted by Gasteiger charge is -2.06. The van der Waals surface area contributed by atoms with Crippen molar-refractivity contribution in [1.82, 2.24) is 0 Å². The zero-order chi connectivity index (χ0) is 18.5. The number of nitrogens with two attached hydrogens (primary N) is 1. The van der Waals surface area contributed by atoms with Crippen molar-refractivity contribution in [3.8, 4) is 12.8 Å². The standard InChI is InChI=1S/C9H12FN.C6H10.C2H5NO.C2H2/c1-3-7-8(10)5-4-6-9(7)11-2;1-3-5-6-4-2;3-1-2-4;1-2/h4-6,11H,3H2,1-2H3;3-4,6H,1,5H2,2H3;2H,1,3H2;1-2H/b;6-4+;;. The van der Waals surface area contributed by atoms with Gasteiger partial charge in [0.05, 0.1) is 0 Å². The summed E-state index contributed by atoms with van der Waals surface area (Å²) in [6.45, 7) is 7.63. The van der Waals surface area contributed by atoms with E-state index in [1.54, 1.807) is 13.1 Å². The van der Waals surface area contributed by atoms with E-state index in [4.69, 9.17) is 4.79 Å². The van der Waals surface area contributed by atoms with Crippen LogP contribution in [0.4, 0.5) is 10.1 Å². The van der Waals surface area contributed by atoms with Crippen molar-refractivity contribution in [3.63, 3.8) is 0 Å². The molecule has 0 aliphatic carbocycles. The Labute approximate surface area is 140 Å². The van der Waals surface area contributed by atoms with Crippen LogP contribution in [0.25, 0.3) is 0 Å². The third-order valence-electron chi connectivity index (χ3n) is 2.38. The minimum Gasteiger partial charge on any atom is -0.388 e. The first-order valence-corrected chi connectivity index (χ1v) is 7.26. The fraction of sp³-hybridized carbons (Fsp3) is 0.316. The first kappa shape index (κ1) is 25.6. The van der Waals surface area contributed by atoms with Gasteiger partial charge in [-0.25, -0.2) is 4.39 Å². The van der Waals surface area contributed by atoms with Crippen molar-refractivity contribution in [2.24, 2.45) is 5.73 Å². The van der Waals surface area contributed by atoms with Gasteiger partial charge in [-0.05, 0) is 31.9 Å². The molecule has 0 fully saturated rings. The molecule has 0 saturated carbocycles. The molecule has 0 spiro atoms. The molecule has 3 nitrogen and oxygen atoms in total. The van der Waals surface area contributed by atoms with Crippen LogP contribution in [0.15, 0.2) is 43.0 Å². The van der Waals surface area contributed by atoms with E-state index in [1.165, 1.54) is 6.07 Å². The molecule has 0 radical (unpaired) electrons. The number of anilines is 1. The molecule has 0 saturated heterocycles.